The normalized spacial score (nSPS) is 22.4. The highest BCUT2D eigenvalue weighted by molar-refractivity contribution is 7.91. The van der Waals surface area contributed by atoms with E-state index in [0.717, 1.165) is 38.0 Å². The third-order valence-electron chi connectivity index (χ3n) is 8.45. The van der Waals surface area contributed by atoms with E-state index >= 15 is 0 Å². The number of likely N-dealkylation sites (tertiary alicyclic amines) is 2. The van der Waals surface area contributed by atoms with Crippen LogP contribution >= 0.6 is 0 Å². The van der Waals surface area contributed by atoms with Crippen molar-refractivity contribution in [2.75, 3.05) is 38.5 Å². The van der Waals surface area contributed by atoms with Crippen LogP contribution in [0.3, 0.4) is 0 Å². The van der Waals surface area contributed by atoms with Crippen LogP contribution in [0.25, 0.3) is 0 Å². The maximum Gasteiger partial charge on any atom is 0.320 e. The molecule has 220 valence electrons. The van der Waals surface area contributed by atoms with Crippen molar-refractivity contribution in [3.63, 3.8) is 0 Å². The van der Waals surface area contributed by atoms with Gasteiger partial charge in [-0.25, -0.2) is 17.2 Å². The predicted molar refractivity (Wildman–Crippen MR) is 152 cm³/mol. The maximum atomic E-state index is 14.2. The highest BCUT2D eigenvalue weighted by atomic mass is 32.2. The van der Waals surface area contributed by atoms with Gasteiger partial charge in [-0.2, -0.15) is 0 Å². The van der Waals surface area contributed by atoms with Gasteiger partial charge in [-0.1, -0.05) is 32.9 Å². The number of carbonyl (C=O) groups is 1. The van der Waals surface area contributed by atoms with Gasteiger partial charge in [0.05, 0.1) is 10.6 Å². The van der Waals surface area contributed by atoms with E-state index in [-0.39, 0.29) is 33.7 Å². The molecule has 2 fully saturated rings. The summed E-state index contributed by atoms with van der Waals surface area (Å²) in [4.78, 5) is 16.9. The van der Waals surface area contributed by atoms with E-state index in [4.69, 9.17) is 0 Å². The second-order valence-electron chi connectivity index (χ2n) is 12.8. The Bertz CT molecular complexity index is 1250. The Balaban J connectivity index is 1.38. The van der Waals surface area contributed by atoms with Gasteiger partial charge in [0.15, 0.2) is 9.84 Å². The topological polar surface area (TPSA) is 77.9 Å². The van der Waals surface area contributed by atoms with Crippen molar-refractivity contribution in [1.29, 1.82) is 0 Å². The van der Waals surface area contributed by atoms with E-state index in [2.05, 4.69) is 30.6 Å². The Kier molecular flexibility index (Phi) is 9.68. The Morgan fingerprint density at radius 2 is 1.70 bits per heavy atom. The lowest BCUT2D eigenvalue weighted by atomic mass is 9.87. The van der Waals surface area contributed by atoms with Gasteiger partial charge in [-0.3, -0.25) is 9.69 Å². The van der Waals surface area contributed by atoms with Crippen molar-refractivity contribution in [2.24, 2.45) is 17.3 Å². The number of hydrogen-bond acceptors (Lipinski definition) is 5. The van der Waals surface area contributed by atoms with Crippen LogP contribution in [0, 0.1) is 28.9 Å². The summed E-state index contributed by atoms with van der Waals surface area (Å²) < 4.78 is 52.7. The third kappa shape index (κ3) is 8.10. The molecule has 0 amide bonds. The first-order valence-corrected chi connectivity index (χ1v) is 15.9. The quantitative estimate of drug-likeness (QED) is 0.380. The first kappa shape index (κ1) is 30.6. The molecule has 0 bridgehead atoms. The monoisotopic (exact) mass is 576 g/mol. The van der Waals surface area contributed by atoms with Crippen molar-refractivity contribution in [3.8, 4) is 0 Å². The van der Waals surface area contributed by atoms with Crippen molar-refractivity contribution in [2.45, 2.75) is 63.3 Å². The average molecular weight is 577 g/mol. The molecule has 3 atom stereocenters. The standard InChI is InChI=1S/C31H42F2N2O4S/c1-31(2,3)18-29(30(36)37)35-20-24(28(21-35)23-5-4-6-26(33)17-23)19-34-14-11-22(12-15-34)13-16-40(38,39)27-9-7-25(32)8-10-27/h4-10,17,22,24,28-29H,11-16,18-21H2,1-3H3,(H,36,37). The molecule has 0 aromatic heterocycles. The van der Waals surface area contributed by atoms with Gasteiger partial charge >= 0.3 is 5.97 Å². The summed E-state index contributed by atoms with van der Waals surface area (Å²) in [5.41, 5.74) is 0.773. The summed E-state index contributed by atoms with van der Waals surface area (Å²) in [5.74, 6) is -0.999. The van der Waals surface area contributed by atoms with E-state index < -0.39 is 27.7 Å². The van der Waals surface area contributed by atoms with Crippen LogP contribution in [0.15, 0.2) is 53.4 Å². The number of halogens is 2. The lowest BCUT2D eigenvalue weighted by Crippen LogP contribution is -2.43. The fourth-order valence-electron chi connectivity index (χ4n) is 6.28. The van der Waals surface area contributed by atoms with E-state index in [9.17, 15) is 27.1 Å². The second-order valence-corrected chi connectivity index (χ2v) is 14.9. The molecule has 4 rings (SSSR count). The van der Waals surface area contributed by atoms with Crippen molar-refractivity contribution in [1.82, 2.24) is 9.80 Å². The fourth-order valence-corrected chi connectivity index (χ4v) is 7.71. The Morgan fingerprint density at radius 3 is 2.30 bits per heavy atom. The SMILES string of the molecule is CC(C)(C)CC(C(=O)O)N1CC(CN2CCC(CCS(=O)(=O)c3ccc(F)cc3)CC2)C(c2cccc(F)c2)C1. The minimum atomic E-state index is -3.45. The van der Waals surface area contributed by atoms with Gasteiger partial charge in [0, 0.05) is 25.6 Å². The number of nitrogens with zero attached hydrogens (tertiary/aromatic N) is 2. The van der Waals surface area contributed by atoms with Crippen LogP contribution in [0.1, 0.15) is 57.9 Å². The highest BCUT2D eigenvalue weighted by Gasteiger charge is 2.41. The molecule has 2 aromatic rings. The first-order valence-electron chi connectivity index (χ1n) is 14.2. The number of benzene rings is 2. The maximum absolute atomic E-state index is 14.2. The Hall–Kier alpha value is -2.36. The minimum Gasteiger partial charge on any atom is -0.480 e. The summed E-state index contributed by atoms with van der Waals surface area (Å²) in [7, 11) is -3.45. The smallest absolute Gasteiger partial charge is 0.320 e. The number of hydrogen-bond donors (Lipinski definition) is 1. The molecule has 9 heteroatoms. The second kappa shape index (κ2) is 12.7. The molecule has 2 heterocycles. The summed E-state index contributed by atoms with van der Waals surface area (Å²) in [6.45, 7) is 9.86. The molecule has 1 N–H and O–H groups in total. The molecule has 0 aliphatic carbocycles. The number of piperidine rings is 1. The predicted octanol–water partition coefficient (Wildman–Crippen LogP) is 5.45. The van der Waals surface area contributed by atoms with Crippen molar-refractivity contribution in [3.05, 3.63) is 65.7 Å². The average Bonchev–Trinajstić information content (AvgIpc) is 3.30. The van der Waals surface area contributed by atoms with E-state index in [1.54, 1.807) is 12.1 Å². The molecule has 2 aliphatic heterocycles. The molecule has 40 heavy (non-hydrogen) atoms. The van der Waals surface area contributed by atoms with Crippen LogP contribution in [-0.2, 0) is 14.6 Å². The van der Waals surface area contributed by atoms with Crippen LogP contribution in [-0.4, -0.2) is 73.8 Å². The third-order valence-corrected chi connectivity index (χ3v) is 10.2. The summed E-state index contributed by atoms with van der Waals surface area (Å²) >= 11 is 0. The van der Waals surface area contributed by atoms with Crippen molar-refractivity contribution >= 4 is 15.8 Å². The lowest BCUT2D eigenvalue weighted by Gasteiger charge is -2.35. The number of aliphatic carboxylic acids is 1. The molecule has 2 aromatic carbocycles. The van der Waals surface area contributed by atoms with E-state index in [1.807, 2.05) is 6.07 Å². The molecule has 0 saturated carbocycles. The van der Waals surface area contributed by atoms with Crippen LogP contribution in [0.4, 0.5) is 8.78 Å². The molecule has 6 nitrogen and oxygen atoms in total. The van der Waals surface area contributed by atoms with Crippen LogP contribution < -0.4 is 0 Å². The molecule has 2 aliphatic rings. The molecule has 0 radical (unpaired) electrons. The zero-order chi connectivity index (χ0) is 29.1. The zero-order valence-corrected chi connectivity index (χ0v) is 24.5. The molecular weight excluding hydrogens is 534 g/mol. The minimum absolute atomic E-state index is 0.0380. The van der Waals surface area contributed by atoms with Gasteiger partial charge < -0.3 is 10.0 Å². The summed E-state index contributed by atoms with van der Waals surface area (Å²) in [6.07, 6.45) is 2.89. The Morgan fingerprint density at radius 1 is 1.02 bits per heavy atom. The number of rotatable bonds is 10. The number of sulfone groups is 1. The Labute approximate surface area is 237 Å². The largest absolute Gasteiger partial charge is 0.480 e. The van der Waals surface area contributed by atoms with Gasteiger partial charge in [0.25, 0.3) is 0 Å². The molecular formula is C31H42F2N2O4S. The van der Waals surface area contributed by atoms with Crippen LogP contribution in [0.5, 0.6) is 0 Å². The number of carboxylic acids is 1. The molecule has 2 saturated heterocycles. The zero-order valence-electron chi connectivity index (χ0n) is 23.7. The van der Waals surface area contributed by atoms with Gasteiger partial charge in [0.2, 0.25) is 0 Å². The summed E-state index contributed by atoms with van der Waals surface area (Å²) in [6, 6.07) is 11.1. The van der Waals surface area contributed by atoms with E-state index in [0.29, 0.717) is 31.8 Å². The summed E-state index contributed by atoms with van der Waals surface area (Å²) in [5, 5.41) is 10.1. The van der Waals surface area contributed by atoms with Crippen molar-refractivity contribution < 1.29 is 27.1 Å². The highest BCUT2D eigenvalue weighted by Crippen LogP contribution is 2.37. The first-order chi connectivity index (χ1) is 18.8. The molecule has 3 unspecified atom stereocenters. The lowest BCUT2D eigenvalue weighted by molar-refractivity contribution is -0.144. The van der Waals surface area contributed by atoms with E-state index in [1.165, 1.54) is 30.3 Å². The van der Waals surface area contributed by atoms with Gasteiger partial charge in [-0.15, -0.1) is 0 Å². The van der Waals surface area contributed by atoms with Gasteiger partial charge in [-0.05, 0) is 98.0 Å². The number of carboxylic acid groups (broad SMARTS) is 1. The van der Waals surface area contributed by atoms with Crippen LogP contribution in [0.2, 0.25) is 0 Å². The fraction of sp³-hybridized carbons (Fsp3) is 0.581. The van der Waals surface area contributed by atoms with Gasteiger partial charge in [0.1, 0.15) is 17.7 Å². The molecule has 0 spiro atoms.